The number of hydrogen-bond acceptors (Lipinski definition) is 2. The van der Waals surface area contributed by atoms with E-state index in [1.165, 1.54) is 0 Å². The summed E-state index contributed by atoms with van der Waals surface area (Å²) in [5.41, 5.74) is 2.02. The molecule has 0 bridgehead atoms. The minimum absolute atomic E-state index is 0.115. The zero-order chi connectivity index (χ0) is 12.3. The number of carbonyl (C=O) groups excluding carboxylic acids is 1. The van der Waals surface area contributed by atoms with E-state index in [4.69, 9.17) is 11.6 Å². The maximum absolute atomic E-state index is 11.5. The monoisotopic (exact) mass is 252 g/mol. The van der Waals surface area contributed by atoms with E-state index in [0.717, 1.165) is 24.1 Å². The number of halogens is 1. The standard InChI is InChI=1S/C13H17ClN2O/c1-9-3-2-4-11(14)13(9)15-8-7-12(17)16-10-5-6-10/h2-4,10,15H,5-8H2,1H3,(H,16,17). The minimum atomic E-state index is 0.115. The Labute approximate surface area is 107 Å². The molecule has 0 spiro atoms. The van der Waals surface area contributed by atoms with Gasteiger partial charge in [0, 0.05) is 19.0 Å². The van der Waals surface area contributed by atoms with Gasteiger partial charge in [0.1, 0.15) is 0 Å². The van der Waals surface area contributed by atoms with E-state index < -0.39 is 0 Å². The van der Waals surface area contributed by atoms with Crippen molar-refractivity contribution >= 4 is 23.2 Å². The Kier molecular flexibility index (Phi) is 3.89. The molecule has 1 aliphatic rings. The van der Waals surface area contributed by atoms with Crippen molar-refractivity contribution in [2.75, 3.05) is 11.9 Å². The average molecular weight is 253 g/mol. The van der Waals surface area contributed by atoms with Crippen LogP contribution in [-0.2, 0) is 4.79 Å². The molecule has 0 radical (unpaired) electrons. The first-order valence-corrected chi connectivity index (χ1v) is 6.33. The molecule has 0 aromatic heterocycles. The normalized spacial score (nSPS) is 14.5. The van der Waals surface area contributed by atoms with Gasteiger partial charge in [-0.25, -0.2) is 0 Å². The van der Waals surface area contributed by atoms with Crippen LogP contribution in [0.25, 0.3) is 0 Å². The van der Waals surface area contributed by atoms with Crippen LogP contribution >= 0.6 is 11.6 Å². The Balaban J connectivity index is 1.79. The van der Waals surface area contributed by atoms with Crippen molar-refractivity contribution in [3.05, 3.63) is 28.8 Å². The Morgan fingerprint density at radius 2 is 2.24 bits per heavy atom. The summed E-state index contributed by atoms with van der Waals surface area (Å²) in [6.45, 7) is 2.61. The van der Waals surface area contributed by atoms with Crippen LogP contribution in [0.5, 0.6) is 0 Å². The zero-order valence-corrected chi connectivity index (χ0v) is 10.7. The smallest absolute Gasteiger partial charge is 0.221 e. The van der Waals surface area contributed by atoms with E-state index in [0.29, 0.717) is 24.0 Å². The van der Waals surface area contributed by atoms with Gasteiger partial charge in [0.2, 0.25) is 5.91 Å². The number of hydrogen-bond donors (Lipinski definition) is 2. The van der Waals surface area contributed by atoms with Gasteiger partial charge >= 0.3 is 0 Å². The van der Waals surface area contributed by atoms with E-state index in [9.17, 15) is 4.79 Å². The Hall–Kier alpha value is -1.22. The van der Waals surface area contributed by atoms with Crippen molar-refractivity contribution in [3.63, 3.8) is 0 Å². The quantitative estimate of drug-likeness (QED) is 0.846. The second kappa shape index (κ2) is 5.41. The Morgan fingerprint density at radius 3 is 2.88 bits per heavy atom. The molecule has 1 saturated carbocycles. The van der Waals surface area contributed by atoms with Crippen molar-refractivity contribution in [3.8, 4) is 0 Å². The zero-order valence-electron chi connectivity index (χ0n) is 9.92. The molecule has 1 aliphatic carbocycles. The van der Waals surface area contributed by atoms with E-state index in [1.807, 2.05) is 25.1 Å². The van der Waals surface area contributed by atoms with Crippen molar-refractivity contribution in [1.82, 2.24) is 5.32 Å². The SMILES string of the molecule is Cc1cccc(Cl)c1NCCC(=O)NC1CC1. The average Bonchev–Trinajstić information content (AvgIpc) is 3.06. The van der Waals surface area contributed by atoms with Crippen LogP contribution < -0.4 is 10.6 Å². The third-order valence-electron chi connectivity index (χ3n) is 2.82. The third-order valence-corrected chi connectivity index (χ3v) is 3.13. The van der Waals surface area contributed by atoms with Gasteiger partial charge in [-0.1, -0.05) is 23.7 Å². The summed E-state index contributed by atoms with van der Waals surface area (Å²) in [5.74, 6) is 0.115. The summed E-state index contributed by atoms with van der Waals surface area (Å²) in [6, 6.07) is 6.20. The molecule has 92 valence electrons. The van der Waals surface area contributed by atoms with Gasteiger partial charge in [-0.05, 0) is 31.4 Å². The number of rotatable bonds is 5. The molecule has 0 saturated heterocycles. The molecule has 1 aromatic carbocycles. The number of nitrogens with one attached hydrogen (secondary N) is 2. The molecule has 1 fully saturated rings. The first kappa shape index (κ1) is 12.2. The molecule has 1 amide bonds. The van der Waals surface area contributed by atoms with Crippen molar-refractivity contribution in [1.29, 1.82) is 0 Å². The number of benzene rings is 1. The van der Waals surface area contributed by atoms with E-state index in [-0.39, 0.29) is 5.91 Å². The summed E-state index contributed by atoms with van der Waals surface area (Å²) < 4.78 is 0. The van der Waals surface area contributed by atoms with Gasteiger partial charge < -0.3 is 10.6 Å². The molecule has 0 atom stereocenters. The van der Waals surface area contributed by atoms with Crippen LogP contribution in [0.2, 0.25) is 5.02 Å². The first-order chi connectivity index (χ1) is 8.16. The van der Waals surface area contributed by atoms with Crippen molar-refractivity contribution in [2.45, 2.75) is 32.2 Å². The molecule has 4 heteroatoms. The second-order valence-corrected chi connectivity index (χ2v) is 4.86. The van der Waals surface area contributed by atoms with Gasteiger partial charge in [0.15, 0.2) is 0 Å². The maximum Gasteiger partial charge on any atom is 0.221 e. The van der Waals surface area contributed by atoms with Crippen molar-refractivity contribution < 1.29 is 4.79 Å². The fourth-order valence-electron chi connectivity index (χ4n) is 1.68. The van der Waals surface area contributed by atoms with E-state index in [2.05, 4.69) is 10.6 Å². The lowest BCUT2D eigenvalue weighted by molar-refractivity contribution is -0.120. The highest BCUT2D eigenvalue weighted by Gasteiger charge is 2.22. The summed E-state index contributed by atoms with van der Waals surface area (Å²) >= 11 is 6.08. The topological polar surface area (TPSA) is 41.1 Å². The number of aryl methyl sites for hydroxylation is 1. The number of para-hydroxylation sites is 1. The van der Waals surface area contributed by atoms with Crippen LogP contribution in [0.15, 0.2) is 18.2 Å². The number of anilines is 1. The lowest BCUT2D eigenvalue weighted by Gasteiger charge is -2.11. The lowest BCUT2D eigenvalue weighted by Crippen LogP contribution is -2.27. The predicted octanol–water partition coefficient (Wildman–Crippen LogP) is 2.73. The number of carbonyl (C=O) groups is 1. The van der Waals surface area contributed by atoms with E-state index >= 15 is 0 Å². The van der Waals surface area contributed by atoms with Gasteiger partial charge in [-0.15, -0.1) is 0 Å². The minimum Gasteiger partial charge on any atom is -0.383 e. The fraction of sp³-hybridized carbons (Fsp3) is 0.462. The molecule has 2 N–H and O–H groups in total. The fourth-order valence-corrected chi connectivity index (χ4v) is 1.97. The maximum atomic E-state index is 11.5. The summed E-state index contributed by atoms with van der Waals surface area (Å²) in [6.07, 6.45) is 2.74. The van der Waals surface area contributed by atoms with Gasteiger partial charge in [0.25, 0.3) is 0 Å². The van der Waals surface area contributed by atoms with Gasteiger partial charge in [0.05, 0.1) is 10.7 Å². The lowest BCUT2D eigenvalue weighted by atomic mass is 10.2. The summed E-state index contributed by atoms with van der Waals surface area (Å²) in [4.78, 5) is 11.5. The van der Waals surface area contributed by atoms with E-state index in [1.54, 1.807) is 0 Å². The second-order valence-electron chi connectivity index (χ2n) is 4.45. The molecule has 2 rings (SSSR count). The molecule has 0 aliphatic heterocycles. The molecule has 0 unspecified atom stereocenters. The van der Waals surface area contributed by atoms with Crippen molar-refractivity contribution in [2.24, 2.45) is 0 Å². The van der Waals surface area contributed by atoms with Crippen LogP contribution in [0.1, 0.15) is 24.8 Å². The molecule has 3 nitrogen and oxygen atoms in total. The van der Waals surface area contributed by atoms with Gasteiger partial charge in [-0.2, -0.15) is 0 Å². The summed E-state index contributed by atoms with van der Waals surface area (Å²) in [7, 11) is 0. The van der Waals surface area contributed by atoms with Crippen LogP contribution in [0.4, 0.5) is 5.69 Å². The highest BCUT2D eigenvalue weighted by Crippen LogP contribution is 2.25. The largest absolute Gasteiger partial charge is 0.383 e. The first-order valence-electron chi connectivity index (χ1n) is 5.95. The molecule has 17 heavy (non-hydrogen) atoms. The molecular weight excluding hydrogens is 236 g/mol. The highest BCUT2D eigenvalue weighted by atomic mass is 35.5. The third kappa shape index (κ3) is 3.63. The predicted molar refractivity (Wildman–Crippen MR) is 70.5 cm³/mol. The van der Waals surface area contributed by atoms with Gasteiger partial charge in [-0.3, -0.25) is 4.79 Å². The highest BCUT2D eigenvalue weighted by molar-refractivity contribution is 6.33. The summed E-state index contributed by atoms with van der Waals surface area (Å²) in [5, 5.41) is 6.87. The number of amides is 1. The Bertz CT molecular complexity index is 396. The van der Waals surface area contributed by atoms with Crippen LogP contribution in [0, 0.1) is 6.92 Å². The Morgan fingerprint density at radius 1 is 1.47 bits per heavy atom. The molecule has 1 aromatic rings. The molecule has 0 heterocycles. The molecular formula is C13H17ClN2O. The van der Waals surface area contributed by atoms with Crippen LogP contribution in [-0.4, -0.2) is 18.5 Å². The van der Waals surface area contributed by atoms with Crippen LogP contribution in [0.3, 0.4) is 0 Å².